The minimum absolute atomic E-state index is 0. The van der Waals surface area contributed by atoms with E-state index in [4.69, 9.17) is 28.9 Å². The van der Waals surface area contributed by atoms with Crippen LogP contribution in [0.1, 0.15) is 24.2 Å². The Balaban J connectivity index is 0.00000289. The Labute approximate surface area is 121 Å². The van der Waals surface area contributed by atoms with E-state index < -0.39 is 17.3 Å². The number of amides is 1. The van der Waals surface area contributed by atoms with Gasteiger partial charge in [-0.1, -0.05) is 23.2 Å². The van der Waals surface area contributed by atoms with Crippen molar-refractivity contribution in [1.29, 1.82) is 0 Å². The summed E-state index contributed by atoms with van der Waals surface area (Å²) < 4.78 is 13.2. The first-order valence-corrected chi connectivity index (χ1v) is 5.69. The zero-order chi connectivity index (χ0) is 13.2. The molecular formula is C11H14Cl3FN2O. The van der Waals surface area contributed by atoms with Crippen LogP contribution in [-0.4, -0.2) is 18.0 Å². The van der Waals surface area contributed by atoms with Crippen LogP contribution in [0.5, 0.6) is 0 Å². The van der Waals surface area contributed by atoms with Crippen LogP contribution in [0, 0.1) is 5.82 Å². The number of hydrogen-bond donors (Lipinski definition) is 2. The number of halogens is 4. The van der Waals surface area contributed by atoms with Crippen molar-refractivity contribution in [2.24, 2.45) is 5.73 Å². The molecule has 0 aliphatic carbocycles. The summed E-state index contributed by atoms with van der Waals surface area (Å²) in [6, 6.07) is 2.20. The van der Waals surface area contributed by atoms with E-state index >= 15 is 0 Å². The van der Waals surface area contributed by atoms with E-state index in [1.54, 1.807) is 13.8 Å². The highest BCUT2D eigenvalue weighted by molar-refractivity contribution is 6.36. The molecule has 0 spiro atoms. The molecule has 7 heteroatoms. The Morgan fingerprint density at radius 2 is 1.94 bits per heavy atom. The minimum Gasteiger partial charge on any atom is -0.346 e. The van der Waals surface area contributed by atoms with Crippen LogP contribution < -0.4 is 11.1 Å². The first-order chi connectivity index (χ1) is 7.76. The van der Waals surface area contributed by atoms with Gasteiger partial charge in [-0.2, -0.15) is 0 Å². The molecule has 0 saturated carbocycles. The van der Waals surface area contributed by atoms with Crippen molar-refractivity contribution in [3.8, 4) is 0 Å². The fourth-order valence-electron chi connectivity index (χ4n) is 1.12. The number of nitrogens with two attached hydrogens (primary N) is 1. The Hall–Kier alpha value is -0.550. The Morgan fingerprint density at radius 3 is 2.44 bits per heavy atom. The average Bonchev–Trinajstić information content (AvgIpc) is 2.22. The van der Waals surface area contributed by atoms with Crippen molar-refractivity contribution in [3.05, 3.63) is 33.6 Å². The summed E-state index contributed by atoms with van der Waals surface area (Å²) in [4.78, 5) is 11.8. The second-order valence-corrected chi connectivity index (χ2v) is 5.10. The number of carbonyl (C=O) groups excluding carboxylic acids is 1. The highest BCUT2D eigenvalue weighted by Gasteiger charge is 2.21. The smallest absolute Gasteiger partial charge is 0.253 e. The molecule has 1 aromatic carbocycles. The van der Waals surface area contributed by atoms with Gasteiger partial charge in [0.05, 0.1) is 15.6 Å². The lowest BCUT2D eigenvalue weighted by atomic mass is 10.1. The molecule has 3 N–H and O–H groups in total. The molecule has 0 saturated heterocycles. The van der Waals surface area contributed by atoms with E-state index in [9.17, 15) is 9.18 Å². The molecule has 0 bridgehead atoms. The summed E-state index contributed by atoms with van der Waals surface area (Å²) in [6.07, 6.45) is 0. The minimum atomic E-state index is -0.688. The SMILES string of the molecule is CC(C)(CN)NC(=O)c1cc(F)c(Cl)cc1Cl.Cl. The Bertz CT molecular complexity index is 452. The molecule has 0 unspecified atom stereocenters. The Morgan fingerprint density at radius 1 is 1.39 bits per heavy atom. The van der Waals surface area contributed by atoms with Gasteiger partial charge >= 0.3 is 0 Å². The lowest BCUT2D eigenvalue weighted by molar-refractivity contribution is 0.0915. The predicted octanol–water partition coefficient (Wildman–Crippen LogP) is 3.02. The van der Waals surface area contributed by atoms with E-state index in [1.807, 2.05) is 0 Å². The molecule has 0 aromatic heterocycles. The van der Waals surface area contributed by atoms with Crippen LogP contribution in [-0.2, 0) is 0 Å². The van der Waals surface area contributed by atoms with Gasteiger partial charge in [-0.15, -0.1) is 12.4 Å². The summed E-state index contributed by atoms with van der Waals surface area (Å²) in [5.41, 5.74) is 4.93. The van der Waals surface area contributed by atoms with Crippen molar-refractivity contribution >= 4 is 41.5 Å². The lowest BCUT2D eigenvalue weighted by Gasteiger charge is -2.24. The van der Waals surface area contributed by atoms with Gasteiger partial charge < -0.3 is 11.1 Å². The first kappa shape index (κ1) is 17.4. The predicted molar refractivity (Wildman–Crippen MR) is 74.3 cm³/mol. The summed E-state index contributed by atoms with van der Waals surface area (Å²) in [5.74, 6) is -1.17. The van der Waals surface area contributed by atoms with Gasteiger partial charge in [-0.05, 0) is 26.0 Å². The standard InChI is InChI=1S/C11H13Cl2FN2O.ClH/c1-11(2,5-15)16-10(17)6-3-9(14)8(13)4-7(6)12;/h3-4H,5,15H2,1-2H3,(H,16,17);1H. The van der Waals surface area contributed by atoms with E-state index in [1.165, 1.54) is 6.07 Å². The van der Waals surface area contributed by atoms with Crippen LogP contribution in [0.4, 0.5) is 4.39 Å². The summed E-state index contributed by atoms with van der Waals surface area (Å²) in [5, 5.41) is 2.63. The normalized spacial score (nSPS) is 10.8. The molecule has 1 amide bonds. The zero-order valence-corrected chi connectivity index (χ0v) is 12.2. The summed E-state index contributed by atoms with van der Waals surface area (Å²) in [7, 11) is 0. The molecule has 0 atom stereocenters. The third-order valence-electron chi connectivity index (χ3n) is 2.22. The maximum Gasteiger partial charge on any atom is 0.253 e. The summed E-state index contributed by atoms with van der Waals surface area (Å²) >= 11 is 11.4. The molecule has 0 aliphatic rings. The van der Waals surface area contributed by atoms with Gasteiger partial charge in [0.2, 0.25) is 0 Å². The largest absolute Gasteiger partial charge is 0.346 e. The number of rotatable bonds is 3. The topological polar surface area (TPSA) is 55.1 Å². The fourth-order valence-corrected chi connectivity index (χ4v) is 1.59. The number of carbonyl (C=O) groups is 1. The molecule has 0 radical (unpaired) electrons. The third kappa shape index (κ3) is 4.28. The van der Waals surface area contributed by atoms with Gasteiger partial charge in [-0.25, -0.2) is 4.39 Å². The van der Waals surface area contributed by atoms with Gasteiger partial charge in [0.1, 0.15) is 5.82 Å². The third-order valence-corrected chi connectivity index (χ3v) is 2.82. The van der Waals surface area contributed by atoms with Gasteiger partial charge in [0.25, 0.3) is 5.91 Å². The maximum absolute atomic E-state index is 13.2. The molecule has 0 aliphatic heterocycles. The molecular weight excluding hydrogens is 301 g/mol. The highest BCUT2D eigenvalue weighted by Crippen LogP contribution is 2.24. The molecule has 3 nitrogen and oxygen atoms in total. The van der Waals surface area contributed by atoms with Crippen molar-refractivity contribution in [1.82, 2.24) is 5.32 Å². The molecule has 102 valence electrons. The average molecular weight is 316 g/mol. The second kappa shape index (κ2) is 6.57. The maximum atomic E-state index is 13.2. The van der Waals surface area contributed by atoms with E-state index in [2.05, 4.69) is 5.32 Å². The van der Waals surface area contributed by atoms with E-state index in [0.29, 0.717) is 0 Å². The zero-order valence-electron chi connectivity index (χ0n) is 9.89. The summed E-state index contributed by atoms with van der Waals surface area (Å²) in [6.45, 7) is 3.77. The number of benzene rings is 1. The van der Waals surface area contributed by atoms with Crippen molar-refractivity contribution in [2.75, 3.05) is 6.54 Å². The van der Waals surface area contributed by atoms with Crippen LogP contribution >= 0.6 is 35.6 Å². The number of hydrogen-bond acceptors (Lipinski definition) is 2. The quantitative estimate of drug-likeness (QED) is 0.842. The Kier molecular flexibility index (Phi) is 6.37. The van der Waals surface area contributed by atoms with Gasteiger partial charge in [0, 0.05) is 12.1 Å². The van der Waals surface area contributed by atoms with Crippen LogP contribution in [0.2, 0.25) is 10.0 Å². The van der Waals surface area contributed by atoms with Crippen LogP contribution in [0.3, 0.4) is 0 Å². The lowest BCUT2D eigenvalue weighted by Crippen LogP contribution is -2.48. The van der Waals surface area contributed by atoms with Crippen molar-refractivity contribution < 1.29 is 9.18 Å². The van der Waals surface area contributed by atoms with Crippen LogP contribution in [0.15, 0.2) is 12.1 Å². The van der Waals surface area contributed by atoms with Crippen LogP contribution in [0.25, 0.3) is 0 Å². The molecule has 18 heavy (non-hydrogen) atoms. The van der Waals surface area contributed by atoms with Gasteiger partial charge in [0.15, 0.2) is 0 Å². The first-order valence-electron chi connectivity index (χ1n) is 4.94. The fraction of sp³-hybridized carbons (Fsp3) is 0.364. The van der Waals surface area contributed by atoms with E-state index in [0.717, 1.165) is 6.07 Å². The number of nitrogens with one attached hydrogen (secondary N) is 1. The van der Waals surface area contributed by atoms with Gasteiger partial charge in [-0.3, -0.25) is 4.79 Å². The monoisotopic (exact) mass is 314 g/mol. The molecule has 1 rings (SSSR count). The highest BCUT2D eigenvalue weighted by atomic mass is 35.5. The second-order valence-electron chi connectivity index (χ2n) is 4.29. The van der Waals surface area contributed by atoms with Crippen molar-refractivity contribution in [2.45, 2.75) is 19.4 Å². The van der Waals surface area contributed by atoms with Crippen molar-refractivity contribution in [3.63, 3.8) is 0 Å². The molecule has 0 heterocycles. The van der Waals surface area contributed by atoms with E-state index in [-0.39, 0.29) is 34.6 Å². The molecule has 0 fully saturated rings. The molecule has 1 aromatic rings.